The van der Waals surface area contributed by atoms with Crippen LogP contribution in [0.2, 0.25) is 0 Å². The first-order chi connectivity index (χ1) is 8.76. The van der Waals surface area contributed by atoms with E-state index in [2.05, 4.69) is 24.6 Å². The average molecular weight is 269 g/mol. The topological polar surface area (TPSA) is 30.5 Å². The van der Waals surface area contributed by atoms with Crippen LogP contribution in [0, 0.1) is 0 Å². The molecule has 1 N–H and O–H groups in total. The minimum Gasteiger partial charge on any atom is -0.493 e. The molecule has 18 heavy (non-hydrogen) atoms. The Balaban J connectivity index is 2.71. The first kappa shape index (κ1) is 15.2. The van der Waals surface area contributed by atoms with Crippen molar-refractivity contribution in [3.05, 3.63) is 23.8 Å². The molecular formula is C14H23NO2S. The standard InChI is InChI=1S/C14H23NO2S/c1-5-12(10-18-4)15-9-11-7-6-8-13(16-2)14(11)17-3/h6-8,12,15H,5,9-10H2,1-4H3. The second kappa shape index (κ2) is 8.27. The SMILES string of the molecule is CCC(CSC)NCc1cccc(OC)c1OC. The van der Waals surface area contributed by atoms with Crippen molar-refractivity contribution < 1.29 is 9.47 Å². The van der Waals surface area contributed by atoms with E-state index in [-0.39, 0.29) is 0 Å². The molecule has 1 unspecified atom stereocenters. The fraction of sp³-hybridized carbons (Fsp3) is 0.571. The van der Waals surface area contributed by atoms with E-state index in [0.717, 1.165) is 35.8 Å². The molecule has 3 nitrogen and oxygen atoms in total. The summed E-state index contributed by atoms with van der Waals surface area (Å²) >= 11 is 1.87. The minimum atomic E-state index is 0.538. The van der Waals surface area contributed by atoms with Crippen molar-refractivity contribution in [1.82, 2.24) is 5.32 Å². The maximum Gasteiger partial charge on any atom is 0.165 e. The van der Waals surface area contributed by atoms with E-state index in [1.807, 2.05) is 23.9 Å². The van der Waals surface area contributed by atoms with Gasteiger partial charge in [0.05, 0.1) is 14.2 Å². The molecule has 0 heterocycles. The van der Waals surface area contributed by atoms with Crippen LogP contribution in [0.25, 0.3) is 0 Å². The van der Waals surface area contributed by atoms with E-state index in [0.29, 0.717) is 6.04 Å². The highest BCUT2D eigenvalue weighted by Crippen LogP contribution is 2.30. The smallest absolute Gasteiger partial charge is 0.165 e. The Kier molecular flexibility index (Phi) is 6.98. The van der Waals surface area contributed by atoms with Gasteiger partial charge in [0.25, 0.3) is 0 Å². The Morgan fingerprint density at radius 2 is 2.06 bits per heavy atom. The molecule has 0 amide bonds. The predicted molar refractivity (Wildman–Crippen MR) is 78.8 cm³/mol. The number of methoxy groups -OCH3 is 2. The summed E-state index contributed by atoms with van der Waals surface area (Å²) in [6.45, 7) is 3.01. The van der Waals surface area contributed by atoms with Gasteiger partial charge < -0.3 is 14.8 Å². The van der Waals surface area contributed by atoms with Crippen molar-refractivity contribution in [2.24, 2.45) is 0 Å². The van der Waals surface area contributed by atoms with Gasteiger partial charge in [0.2, 0.25) is 0 Å². The largest absolute Gasteiger partial charge is 0.493 e. The van der Waals surface area contributed by atoms with Gasteiger partial charge in [0, 0.05) is 23.9 Å². The van der Waals surface area contributed by atoms with Crippen molar-refractivity contribution >= 4 is 11.8 Å². The second-order valence-electron chi connectivity index (χ2n) is 4.09. The van der Waals surface area contributed by atoms with Gasteiger partial charge >= 0.3 is 0 Å². The van der Waals surface area contributed by atoms with E-state index < -0.39 is 0 Å². The number of rotatable bonds is 8. The Morgan fingerprint density at radius 1 is 1.28 bits per heavy atom. The molecule has 0 aliphatic rings. The van der Waals surface area contributed by atoms with Gasteiger partial charge in [-0.2, -0.15) is 11.8 Å². The molecule has 0 spiro atoms. The molecule has 4 heteroatoms. The third-order valence-corrected chi connectivity index (χ3v) is 3.66. The zero-order valence-corrected chi connectivity index (χ0v) is 12.5. The van der Waals surface area contributed by atoms with Crippen LogP contribution in [0.5, 0.6) is 11.5 Å². The number of hydrogen-bond acceptors (Lipinski definition) is 4. The lowest BCUT2D eigenvalue weighted by Crippen LogP contribution is -2.30. The van der Waals surface area contributed by atoms with Gasteiger partial charge in [-0.1, -0.05) is 19.1 Å². The van der Waals surface area contributed by atoms with Crippen LogP contribution in [0.3, 0.4) is 0 Å². The van der Waals surface area contributed by atoms with Crippen LogP contribution >= 0.6 is 11.8 Å². The fourth-order valence-corrected chi connectivity index (χ4v) is 2.63. The molecule has 0 bridgehead atoms. The van der Waals surface area contributed by atoms with E-state index in [9.17, 15) is 0 Å². The summed E-state index contributed by atoms with van der Waals surface area (Å²) in [6, 6.07) is 6.52. The van der Waals surface area contributed by atoms with E-state index in [1.54, 1.807) is 14.2 Å². The summed E-state index contributed by atoms with van der Waals surface area (Å²) in [5.74, 6) is 2.74. The van der Waals surface area contributed by atoms with Crippen molar-refractivity contribution in [2.45, 2.75) is 25.9 Å². The molecule has 1 aromatic carbocycles. The maximum atomic E-state index is 5.42. The minimum absolute atomic E-state index is 0.538. The molecule has 1 aromatic rings. The summed E-state index contributed by atoms with van der Waals surface area (Å²) in [4.78, 5) is 0. The molecule has 0 saturated heterocycles. The molecule has 0 saturated carbocycles. The Labute approximate surface area is 114 Å². The third-order valence-electron chi connectivity index (χ3n) is 2.93. The van der Waals surface area contributed by atoms with Crippen LogP contribution in [0.15, 0.2) is 18.2 Å². The van der Waals surface area contributed by atoms with E-state index in [1.165, 1.54) is 0 Å². The van der Waals surface area contributed by atoms with Gasteiger partial charge in [-0.25, -0.2) is 0 Å². The molecule has 1 atom stereocenters. The van der Waals surface area contributed by atoms with Gasteiger partial charge in [-0.05, 0) is 18.7 Å². The lowest BCUT2D eigenvalue weighted by atomic mass is 10.1. The van der Waals surface area contributed by atoms with Gasteiger partial charge in [-0.15, -0.1) is 0 Å². The lowest BCUT2D eigenvalue weighted by Gasteiger charge is -2.18. The molecule has 0 aliphatic heterocycles. The van der Waals surface area contributed by atoms with Crippen molar-refractivity contribution in [3.63, 3.8) is 0 Å². The summed E-state index contributed by atoms with van der Waals surface area (Å²) in [5.41, 5.74) is 1.14. The van der Waals surface area contributed by atoms with Crippen LogP contribution < -0.4 is 14.8 Å². The van der Waals surface area contributed by atoms with Crippen LogP contribution in [-0.2, 0) is 6.54 Å². The molecule has 0 aliphatic carbocycles. The monoisotopic (exact) mass is 269 g/mol. The molecule has 0 fully saturated rings. The van der Waals surface area contributed by atoms with Gasteiger partial charge in [0.1, 0.15) is 0 Å². The predicted octanol–water partition coefficient (Wildman–Crippen LogP) is 2.94. The van der Waals surface area contributed by atoms with Crippen molar-refractivity contribution in [1.29, 1.82) is 0 Å². The Hall–Kier alpha value is -0.870. The van der Waals surface area contributed by atoms with Crippen LogP contribution in [0.4, 0.5) is 0 Å². The van der Waals surface area contributed by atoms with Gasteiger partial charge in [0.15, 0.2) is 11.5 Å². The lowest BCUT2D eigenvalue weighted by molar-refractivity contribution is 0.350. The maximum absolute atomic E-state index is 5.42. The Morgan fingerprint density at radius 3 is 2.61 bits per heavy atom. The summed E-state index contributed by atoms with van der Waals surface area (Å²) in [7, 11) is 3.35. The number of benzene rings is 1. The molecule has 0 radical (unpaired) electrons. The average Bonchev–Trinajstić information content (AvgIpc) is 2.42. The highest BCUT2D eigenvalue weighted by molar-refractivity contribution is 7.98. The number of hydrogen-bond donors (Lipinski definition) is 1. The normalized spacial score (nSPS) is 12.2. The first-order valence-electron chi connectivity index (χ1n) is 6.19. The third kappa shape index (κ3) is 4.10. The number of ether oxygens (including phenoxy) is 2. The molecule has 1 rings (SSSR count). The summed E-state index contributed by atoms with van der Waals surface area (Å²) in [6.07, 6.45) is 3.27. The number of thioether (sulfide) groups is 1. The van der Waals surface area contributed by atoms with E-state index in [4.69, 9.17) is 9.47 Å². The highest BCUT2D eigenvalue weighted by Gasteiger charge is 2.11. The zero-order chi connectivity index (χ0) is 13.4. The molecule has 0 aromatic heterocycles. The quantitative estimate of drug-likeness (QED) is 0.786. The fourth-order valence-electron chi connectivity index (χ4n) is 1.87. The van der Waals surface area contributed by atoms with Crippen molar-refractivity contribution in [2.75, 3.05) is 26.2 Å². The second-order valence-corrected chi connectivity index (χ2v) is 5.00. The van der Waals surface area contributed by atoms with Crippen molar-refractivity contribution in [3.8, 4) is 11.5 Å². The van der Waals surface area contributed by atoms with Crippen LogP contribution in [0.1, 0.15) is 18.9 Å². The number of para-hydroxylation sites is 1. The highest BCUT2D eigenvalue weighted by atomic mass is 32.2. The van der Waals surface area contributed by atoms with Crippen LogP contribution in [-0.4, -0.2) is 32.3 Å². The molecular weight excluding hydrogens is 246 g/mol. The first-order valence-corrected chi connectivity index (χ1v) is 7.58. The summed E-state index contributed by atoms with van der Waals surface area (Å²) < 4.78 is 10.7. The van der Waals surface area contributed by atoms with Gasteiger partial charge in [-0.3, -0.25) is 0 Å². The molecule has 102 valence electrons. The summed E-state index contributed by atoms with van der Waals surface area (Å²) in [5, 5.41) is 3.56. The zero-order valence-electron chi connectivity index (χ0n) is 11.7. The Bertz CT molecular complexity index is 358. The number of nitrogens with one attached hydrogen (secondary N) is 1. The van der Waals surface area contributed by atoms with E-state index >= 15 is 0 Å².